The van der Waals surface area contributed by atoms with Crippen LogP contribution in [-0.2, 0) is 0 Å². The number of aromatic nitrogens is 2. The molecule has 0 aliphatic heterocycles. The van der Waals surface area contributed by atoms with E-state index >= 15 is 0 Å². The van der Waals surface area contributed by atoms with Crippen molar-refractivity contribution in [2.75, 3.05) is 5.73 Å². The lowest BCUT2D eigenvalue weighted by Crippen LogP contribution is -1.96. The van der Waals surface area contributed by atoms with Crippen LogP contribution in [0.1, 0.15) is 30.9 Å². The van der Waals surface area contributed by atoms with Gasteiger partial charge < -0.3 is 10.5 Å². The van der Waals surface area contributed by atoms with Crippen LogP contribution in [0.4, 0.5) is 5.82 Å². The molecule has 2 aromatic rings. The van der Waals surface area contributed by atoms with Gasteiger partial charge in [-0.15, -0.1) is 0 Å². The van der Waals surface area contributed by atoms with Crippen molar-refractivity contribution in [3.05, 3.63) is 41.7 Å². The summed E-state index contributed by atoms with van der Waals surface area (Å²) in [6.45, 7) is 6.42. The molecule has 4 heteroatoms. The number of nitrogens with two attached hydrogens (primary N) is 1. The van der Waals surface area contributed by atoms with Crippen molar-refractivity contribution in [2.45, 2.75) is 26.7 Å². The standard InChI is InChI=1S/C14H17N3O/c1-9(2)12-5-4-11(6-10(12)3)18-14-8-16-7-13(15)17-14/h4-9H,1-3H3,(H2,15,17). The van der Waals surface area contributed by atoms with Gasteiger partial charge in [-0.3, -0.25) is 4.98 Å². The van der Waals surface area contributed by atoms with Crippen LogP contribution in [0.2, 0.25) is 0 Å². The highest BCUT2D eigenvalue weighted by Gasteiger charge is 2.06. The lowest BCUT2D eigenvalue weighted by molar-refractivity contribution is 0.460. The van der Waals surface area contributed by atoms with Gasteiger partial charge in [0.05, 0.1) is 12.4 Å². The first kappa shape index (κ1) is 12.4. The largest absolute Gasteiger partial charge is 0.437 e. The fourth-order valence-electron chi connectivity index (χ4n) is 1.89. The molecule has 2 rings (SSSR count). The summed E-state index contributed by atoms with van der Waals surface area (Å²) >= 11 is 0. The predicted octanol–water partition coefficient (Wildman–Crippen LogP) is 3.28. The van der Waals surface area contributed by atoms with Gasteiger partial charge in [0, 0.05) is 0 Å². The summed E-state index contributed by atoms with van der Waals surface area (Å²) in [5, 5.41) is 0. The Morgan fingerprint density at radius 1 is 1.22 bits per heavy atom. The fraction of sp³-hybridized carbons (Fsp3) is 0.286. The molecular formula is C14H17N3O. The van der Waals surface area contributed by atoms with Crippen LogP contribution in [0, 0.1) is 6.92 Å². The average molecular weight is 243 g/mol. The minimum Gasteiger partial charge on any atom is -0.437 e. The van der Waals surface area contributed by atoms with Crippen LogP contribution in [-0.4, -0.2) is 9.97 Å². The van der Waals surface area contributed by atoms with Crippen molar-refractivity contribution in [1.29, 1.82) is 0 Å². The second-order valence-corrected chi connectivity index (χ2v) is 4.56. The van der Waals surface area contributed by atoms with E-state index in [1.807, 2.05) is 12.1 Å². The zero-order valence-electron chi connectivity index (χ0n) is 10.8. The monoisotopic (exact) mass is 243 g/mol. The van der Waals surface area contributed by atoms with E-state index in [4.69, 9.17) is 10.5 Å². The zero-order valence-corrected chi connectivity index (χ0v) is 10.8. The van der Waals surface area contributed by atoms with Crippen LogP contribution in [0.5, 0.6) is 11.6 Å². The van der Waals surface area contributed by atoms with Gasteiger partial charge in [-0.05, 0) is 36.1 Å². The minimum atomic E-state index is 0.350. The van der Waals surface area contributed by atoms with Crippen LogP contribution in [0.3, 0.4) is 0 Å². The first-order chi connectivity index (χ1) is 8.56. The molecule has 1 heterocycles. The number of nitrogens with zero attached hydrogens (tertiary/aromatic N) is 2. The van der Waals surface area contributed by atoms with Crippen molar-refractivity contribution in [3.8, 4) is 11.6 Å². The lowest BCUT2D eigenvalue weighted by Gasteiger charge is -2.11. The first-order valence-electron chi connectivity index (χ1n) is 5.92. The Kier molecular flexibility index (Phi) is 3.46. The number of aryl methyl sites for hydroxylation is 1. The Bertz CT molecular complexity index is 552. The first-order valence-corrected chi connectivity index (χ1v) is 5.92. The van der Waals surface area contributed by atoms with E-state index in [1.165, 1.54) is 17.3 Å². The van der Waals surface area contributed by atoms with Crippen molar-refractivity contribution in [3.63, 3.8) is 0 Å². The lowest BCUT2D eigenvalue weighted by atomic mass is 9.98. The van der Waals surface area contributed by atoms with E-state index in [9.17, 15) is 0 Å². The number of hydrogen-bond donors (Lipinski definition) is 1. The van der Waals surface area contributed by atoms with Crippen LogP contribution >= 0.6 is 0 Å². The zero-order chi connectivity index (χ0) is 13.1. The molecule has 0 unspecified atom stereocenters. The van der Waals surface area contributed by atoms with Gasteiger partial charge in [0.1, 0.15) is 11.6 Å². The molecule has 2 N–H and O–H groups in total. The van der Waals surface area contributed by atoms with Gasteiger partial charge in [-0.1, -0.05) is 19.9 Å². The number of rotatable bonds is 3. The van der Waals surface area contributed by atoms with E-state index in [2.05, 4.69) is 36.8 Å². The maximum absolute atomic E-state index is 5.62. The maximum atomic E-state index is 5.62. The quantitative estimate of drug-likeness (QED) is 0.898. The van der Waals surface area contributed by atoms with E-state index in [-0.39, 0.29) is 0 Å². The molecular weight excluding hydrogens is 226 g/mol. The predicted molar refractivity (Wildman–Crippen MR) is 71.8 cm³/mol. The highest BCUT2D eigenvalue weighted by Crippen LogP contribution is 2.26. The Labute approximate surface area is 107 Å². The third-order valence-electron chi connectivity index (χ3n) is 2.72. The highest BCUT2D eigenvalue weighted by molar-refractivity contribution is 5.38. The molecule has 0 aliphatic rings. The van der Waals surface area contributed by atoms with E-state index in [0.717, 1.165) is 5.75 Å². The van der Waals surface area contributed by atoms with Gasteiger partial charge >= 0.3 is 0 Å². The summed E-state index contributed by atoms with van der Waals surface area (Å²) in [6, 6.07) is 6.02. The molecule has 1 aromatic heterocycles. The van der Waals surface area contributed by atoms with Crippen LogP contribution in [0.25, 0.3) is 0 Å². The summed E-state index contributed by atoms with van der Waals surface area (Å²) < 4.78 is 5.62. The van der Waals surface area contributed by atoms with Crippen molar-refractivity contribution < 1.29 is 4.74 Å². The number of ether oxygens (including phenoxy) is 1. The molecule has 0 aliphatic carbocycles. The van der Waals surface area contributed by atoms with Crippen molar-refractivity contribution in [2.24, 2.45) is 0 Å². The summed E-state index contributed by atoms with van der Waals surface area (Å²) in [5.74, 6) is 2.01. The van der Waals surface area contributed by atoms with Crippen LogP contribution < -0.4 is 10.5 Å². The number of benzene rings is 1. The highest BCUT2D eigenvalue weighted by atomic mass is 16.5. The normalized spacial score (nSPS) is 10.7. The smallest absolute Gasteiger partial charge is 0.239 e. The summed E-state index contributed by atoms with van der Waals surface area (Å²) in [5.41, 5.74) is 8.08. The van der Waals surface area contributed by atoms with E-state index < -0.39 is 0 Å². The molecule has 18 heavy (non-hydrogen) atoms. The molecule has 0 saturated heterocycles. The summed E-state index contributed by atoms with van der Waals surface area (Å²) in [7, 11) is 0. The fourth-order valence-corrected chi connectivity index (χ4v) is 1.89. The maximum Gasteiger partial charge on any atom is 0.239 e. The molecule has 0 spiro atoms. The summed E-state index contributed by atoms with van der Waals surface area (Å²) in [6.07, 6.45) is 3.03. The van der Waals surface area contributed by atoms with E-state index in [1.54, 1.807) is 6.20 Å². The Balaban J connectivity index is 2.23. The molecule has 1 aromatic carbocycles. The van der Waals surface area contributed by atoms with Gasteiger partial charge in [0.15, 0.2) is 0 Å². The molecule has 0 saturated carbocycles. The Morgan fingerprint density at radius 3 is 2.61 bits per heavy atom. The third-order valence-corrected chi connectivity index (χ3v) is 2.72. The second kappa shape index (κ2) is 5.04. The molecule has 0 amide bonds. The van der Waals surface area contributed by atoms with Gasteiger partial charge in [-0.2, -0.15) is 4.98 Å². The number of hydrogen-bond acceptors (Lipinski definition) is 4. The molecule has 0 bridgehead atoms. The van der Waals surface area contributed by atoms with Crippen molar-refractivity contribution >= 4 is 5.82 Å². The molecule has 4 nitrogen and oxygen atoms in total. The van der Waals surface area contributed by atoms with E-state index in [0.29, 0.717) is 17.6 Å². The number of nitrogen functional groups attached to an aromatic ring is 1. The Morgan fingerprint density at radius 2 is 2.00 bits per heavy atom. The van der Waals surface area contributed by atoms with Gasteiger partial charge in [0.25, 0.3) is 0 Å². The third kappa shape index (κ3) is 2.77. The van der Waals surface area contributed by atoms with Gasteiger partial charge in [-0.25, -0.2) is 0 Å². The topological polar surface area (TPSA) is 61.0 Å². The Hall–Kier alpha value is -2.10. The van der Waals surface area contributed by atoms with Gasteiger partial charge in [0.2, 0.25) is 5.88 Å². The molecule has 0 radical (unpaired) electrons. The number of anilines is 1. The van der Waals surface area contributed by atoms with Crippen LogP contribution in [0.15, 0.2) is 30.6 Å². The molecule has 94 valence electrons. The summed E-state index contributed by atoms with van der Waals surface area (Å²) in [4.78, 5) is 7.98. The SMILES string of the molecule is Cc1cc(Oc2cncc(N)n2)ccc1C(C)C. The van der Waals surface area contributed by atoms with Crippen molar-refractivity contribution in [1.82, 2.24) is 9.97 Å². The minimum absolute atomic E-state index is 0.350. The molecule has 0 atom stereocenters. The molecule has 0 fully saturated rings. The second-order valence-electron chi connectivity index (χ2n) is 4.56. The average Bonchev–Trinajstić information content (AvgIpc) is 2.28.